The van der Waals surface area contributed by atoms with Gasteiger partial charge in [0.25, 0.3) is 5.56 Å². The molecular formula is C21H24N2O3S2. The van der Waals surface area contributed by atoms with Gasteiger partial charge in [-0.2, -0.15) is 0 Å². The highest BCUT2D eigenvalue weighted by Gasteiger charge is 2.19. The molecule has 0 aliphatic heterocycles. The largest absolute Gasteiger partial charge is 0.494 e. The monoisotopic (exact) mass is 416 g/mol. The van der Waals surface area contributed by atoms with Gasteiger partial charge in [-0.15, -0.1) is 11.3 Å². The first kappa shape index (κ1) is 20.6. The van der Waals surface area contributed by atoms with E-state index in [1.54, 1.807) is 28.8 Å². The van der Waals surface area contributed by atoms with E-state index in [-0.39, 0.29) is 23.1 Å². The van der Waals surface area contributed by atoms with E-state index in [1.165, 1.54) is 23.1 Å². The molecule has 0 saturated carbocycles. The van der Waals surface area contributed by atoms with Gasteiger partial charge in [0.05, 0.1) is 17.7 Å². The molecule has 2 heterocycles. The molecule has 7 heteroatoms. The zero-order valence-corrected chi connectivity index (χ0v) is 18.4. The second-order valence-electron chi connectivity index (χ2n) is 6.80. The van der Waals surface area contributed by atoms with Crippen LogP contribution >= 0.6 is 23.1 Å². The van der Waals surface area contributed by atoms with Crippen molar-refractivity contribution in [2.24, 2.45) is 0 Å². The number of thiophene rings is 1. The van der Waals surface area contributed by atoms with Crippen LogP contribution in [0.1, 0.15) is 47.6 Å². The highest BCUT2D eigenvalue weighted by Crippen LogP contribution is 2.29. The van der Waals surface area contributed by atoms with Gasteiger partial charge in [0.1, 0.15) is 10.6 Å². The lowest BCUT2D eigenvalue weighted by Gasteiger charge is -2.15. The molecule has 2 aromatic heterocycles. The number of aromatic nitrogens is 2. The highest BCUT2D eigenvalue weighted by atomic mass is 32.2. The second kappa shape index (κ2) is 8.49. The molecule has 0 atom stereocenters. The molecule has 0 radical (unpaired) electrons. The van der Waals surface area contributed by atoms with Gasteiger partial charge in [0.15, 0.2) is 10.9 Å². The van der Waals surface area contributed by atoms with Gasteiger partial charge >= 0.3 is 0 Å². The first-order valence-corrected chi connectivity index (χ1v) is 11.0. The number of carbonyl (C=O) groups is 1. The summed E-state index contributed by atoms with van der Waals surface area (Å²) in [5, 5.41) is 1.28. The van der Waals surface area contributed by atoms with Crippen molar-refractivity contribution in [3.05, 3.63) is 50.6 Å². The van der Waals surface area contributed by atoms with Crippen LogP contribution in [0.3, 0.4) is 0 Å². The molecule has 0 amide bonds. The smallest absolute Gasteiger partial charge is 0.263 e. The number of nitrogens with zero attached hydrogens (tertiary/aromatic N) is 2. The summed E-state index contributed by atoms with van der Waals surface area (Å²) in [6.07, 6.45) is 0. The van der Waals surface area contributed by atoms with Crippen LogP contribution in [0.25, 0.3) is 10.2 Å². The van der Waals surface area contributed by atoms with Crippen molar-refractivity contribution in [1.29, 1.82) is 0 Å². The van der Waals surface area contributed by atoms with Crippen molar-refractivity contribution in [1.82, 2.24) is 9.55 Å². The highest BCUT2D eigenvalue weighted by molar-refractivity contribution is 7.99. The van der Waals surface area contributed by atoms with E-state index in [0.29, 0.717) is 22.7 Å². The van der Waals surface area contributed by atoms with Crippen LogP contribution in [0.5, 0.6) is 5.75 Å². The summed E-state index contributed by atoms with van der Waals surface area (Å²) < 4.78 is 7.11. The number of thioether (sulfide) groups is 1. The van der Waals surface area contributed by atoms with Crippen LogP contribution < -0.4 is 10.3 Å². The van der Waals surface area contributed by atoms with Crippen LogP contribution in [0.4, 0.5) is 0 Å². The minimum Gasteiger partial charge on any atom is -0.494 e. The third-order valence-corrected chi connectivity index (χ3v) is 6.59. The lowest BCUT2D eigenvalue weighted by atomic mass is 10.1. The van der Waals surface area contributed by atoms with Crippen molar-refractivity contribution in [2.45, 2.75) is 45.8 Å². The molecule has 3 rings (SSSR count). The summed E-state index contributed by atoms with van der Waals surface area (Å²) in [5.74, 6) is 0.967. The Morgan fingerprint density at radius 1 is 1.25 bits per heavy atom. The Morgan fingerprint density at radius 2 is 1.93 bits per heavy atom. The average Bonchev–Trinajstić information content (AvgIpc) is 2.94. The zero-order chi connectivity index (χ0) is 20.4. The first-order chi connectivity index (χ1) is 13.3. The number of ether oxygens (including phenoxy) is 1. The number of hydrogen-bond donors (Lipinski definition) is 0. The van der Waals surface area contributed by atoms with Crippen LogP contribution in [0, 0.1) is 13.8 Å². The summed E-state index contributed by atoms with van der Waals surface area (Å²) in [7, 11) is 0. The third kappa shape index (κ3) is 4.00. The van der Waals surface area contributed by atoms with E-state index in [9.17, 15) is 9.59 Å². The van der Waals surface area contributed by atoms with Gasteiger partial charge in [-0.25, -0.2) is 4.98 Å². The Kier molecular flexibility index (Phi) is 6.25. The Morgan fingerprint density at radius 3 is 2.54 bits per heavy atom. The van der Waals surface area contributed by atoms with Crippen molar-refractivity contribution in [3.8, 4) is 5.75 Å². The van der Waals surface area contributed by atoms with Gasteiger partial charge in [0.2, 0.25) is 0 Å². The van der Waals surface area contributed by atoms with Gasteiger partial charge in [-0.3, -0.25) is 14.2 Å². The van der Waals surface area contributed by atoms with Crippen molar-refractivity contribution in [3.63, 3.8) is 0 Å². The fraction of sp³-hybridized carbons (Fsp3) is 0.381. The molecule has 148 valence electrons. The predicted molar refractivity (Wildman–Crippen MR) is 116 cm³/mol. The maximum Gasteiger partial charge on any atom is 0.263 e. The molecule has 0 aliphatic rings. The molecule has 3 aromatic rings. The van der Waals surface area contributed by atoms with Gasteiger partial charge < -0.3 is 4.74 Å². The number of carbonyl (C=O) groups excluding carboxylic acids is 1. The van der Waals surface area contributed by atoms with Gasteiger partial charge in [-0.1, -0.05) is 11.8 Å². The van der Waals surface area contributed by atoms with Crippen LogP contribution in [-0.4, -0.2) is 27.7 Å². The summed E-state index contributed by atoms with van der Waals surface area (Å²) in [6.45, 7) is 10.4. The molecule has 0 unspecified atom stereocenters. The lowest BCUT2D eigenvalue weighted by Crippen LogP contribution is -2.25. The van der Waals surface area contributed by atoms with Gasteiger partial charge in [-0.05, 0) is 64.4 Å². The number of hydrogen-bond acceptors (Lipinski definition) is 6. The third-order valence-electron chi connectivity index (χ3n) is 4.54. The zero-order valence-electron chi connectivity index (χ0n) is 16.7. The van der Waals surface area contributed by atoms with Gasteiger partial charge in [0, 0.05) is 16.5 Å². The maximum atomic E-state index is 13.1. The molecule has 0 saturated heterocycles. The molecule has 1 aromatic carbocycles. The number of benzene rings is 1. The summed E-state index contributed by atoms with van der Waals surface area (Å²) >= 11 is 2.84. The van der Waals surface area contributed by atoms with Crippen molar-refractivity contribution < 1.29 is 9.53 Å². The summed E-state index contributed by atoms with van der Waals surface area (Å²) in [6, 6.07) is 7.10. The number of fused-ring (bicyclic) bond motifs is 1. The summed E-state index contributed by atoms with van der Waals surface area (Å²) in [5.41, 5.74) is 1.59. The van der Waals surface area contributed by atoms with E-state index in [2.05, 4.69) is 0 Å². The molecule has 0 aliphatic carbocycles. The average molecular weight is 417 g/mol. The predicted octanol–water partition coefficient (Wildman–Crippen LogP) is 5.03. The molecule has 0 N–H and O–H groups in total. The summed E-state index contributed by atoms with van der Waals surface area (Å²) in [4.78, 5) is 32.2. The number of Topliss-reactive ketones (excluding diaryl/α,β-unsaturated/α-hetero) is 1. The minimum atomic E-state index is -0.0351. The van der Waals surface area contributed by atoms with E-state index in [0.717, 1.165) is 21.0 Å². The fourth-order valence-electron chi connectivity index (χ4n) is 2.96. The van der Waals surface area contributed by atoms with E-state index < -0.39 is 0 Å². The maximum absolute atomic E-state index is 13.1. The molecular weight excluding hydrogens is 392 g/mol. The topological polar surface area (TPSA) is 61.2 Å². The molecule has 28 heavy (non-hydrogen) atoms. The van der Waals surface area contributed by atoms with E-state index in [4.69, 9.17) is 9.72 Å². The SMILES string of the molecule is CCOc1ccc(C(=O)CSc2nc3sc(C)c(C)c3c(=O)n2C(C)C)cc1. The Hall–Kier alpha value is -2.12. The Bertz CT molecular complexity index is 1070. The second-order valence-corrected chi connectivity index (χ2v) is 8.94. The quantitative estimate of drug-likeness (QED) is 0.307. The number of ketones is 1. The standard InChI is InChI=1S/C21H24N2O3S2/c1-6-26-16-9-7-15(8-10-16)17(24)11-27-21-22-19-18(13(4)14(5)28-19)20(25)23(21)12(2)3/h7-10,12H,6,11H2,1-5H3. The lowest BCUT2D eigenvalue weighted by molar-refractivity contribution is 0.102. The molecule has 0 bridgehead atoms. The fourth-order valence-corrected chi connectivity index (χ4v) is 5.06. The Balaban J connectivity index is 1.88. The molecule has 0 spiro atoms. The van der Waals surface area contributed by atoms with Crippen molar-refractivity contribution >= 4 is 39.1 Å². The van der Waals surface area contributed by atoms with Crippen LogP contribution in [0.2, 0.25) is 0 Å². The normalized spacial score (nSPS) is 11.4. The molecule has 5 nitrogen and oxygen atoms in total. The number of rotatable bonds is 7. The first-order valence-electron chi connectivity index (χ1n) is 9.24. The van der Waals surface area contributed by atoms with Crippen LogP contribution in [-0.2, 0) is 0 Å². The van der Waals surface area contributed by atoms with E-state index in [1.807, 2.05) is 34.6 Å². The molecule has 0 fully saturated rings. The van der Waals surface area contributed by atoms with Crippen molar-refractivity contribution in [2.75, 3.05) is 12.4 Å². The van der Waals surface area contributed by atoms with Crippen LogP contribution in [0.15, 0.2) is 34.2 Å². The Labute approximate surface area is 172 Å². The number of aryl methyl sites for hydroxylation is 2. The van der Waals surface area contributed by atoms with E-state index >= 15 is 0 Å². The minimum absolute atomic E-state index is 0.00348.